The summed E-state index contributed by atoms with van der Waals surface area (Å²) in [5.74, 6) is 1.39. The minimum absolute atomic E-state index is 0.0457. The van der Waals surface area contributed by atoms with Crippen LogP contribution in [0.5, 0.6) is 0 Å². The van der Waals surface area contributed by atoms with Crippen LogP contribution in [0.4, 0.5) is 0 Å². The molecule has 162 valence electrons. The molecule has 0 aliphatic carbocycles. The molecule has 1 aromatic carbocycles. The molecule has 3 heterocycles. The van der Waals surface area contributed by atoms with Gasteiger partial charge in [-0.25, -0.2) is 4.98 Å². The van der Waals surface area contributed by atoms with Gasteiger partial charge in [0.05, 0.1) is 5.92 Å². The van der Waals surface area contributed by atoms with Crippen LogP contribution in [-0.4, -0.2) is 40.8 Å². The third-order valence-corrected chi connectivity index (χ3v) is 6.59. The minimum Gasteiger partial charge on any atom is -0.459 e. The molecule has 6 nitrogen and oxygen atoms in total. The monoisotopic (exact) mass is 437 g/mol. The maximum atomic E-state index is 13.0. The molecule has 0 spiro atoms. The molecule has 1 N–H and O–H groups in total. The molecule has 31 heavy (non-hydrogen) atoms. The largest absolute Gasteiger partial charge is 0.459 e. The zero-order chi connectivity index (χ0) is 21.8. The number of aromatic nitrogens is 1. The van der Waals surface area contributed by atoms with Crippen molar-refractivity contribution in [1.82, 2.24) is 15.2 Å². The van der Waals surface area contributed by atoms with Gasteiger partial charge in [0.25, 0.3) is 5.91 Å². The van der Waals surface area contributed by atoms with Crippen molar-refractivity contribution >= 4 is 23.2 Å². The number of carbonyl (C=O) groups is 2. The molecule has 3 aromatic rings. The highest BCUT2D eigenvalue weighted by Gasteiger charge is 2.29. The van der Waals surface area contributed by atoms with E-state index in [0.717, 1.165) is 30.6 Å². The summed E-state index contributed by atoms with van der Waals surface area (Å²) in [6.45, 7) is 5.24. The van der Waals surface area contributed by atoms with Gasteiger partial charge in [0.2, 0.25) is 5.91 Å². The number of nitrogens with one attached hydrogen (secondary N) is 1. The van der Waals surface area contributed by atoms with Crippen molar-refractivity contribution in [2.45, 2.75) is 45.1 Å². The van der Waals surface area contributed by atoms with Crippen molar-refractivity contribution in [2.24, 2.45) is 0 Å². The summed E-state index contributed by atoms with van der Waals surface area (Å²) in [4.78, 5) is 32.0. The SMILES string of the molecule is CCC(C(=O)N1CCC(NC(=O)c2csc(-c3ccc(C)o3)n2)CC1)c1ccccc1. The molecule has 1 atom stereocenters. The number of hydrogen-bond acceptors (Lipinski definition) is 5. The van der Waals surface area contributed by atoms with Gasteiger partial charge in [-0.3, -0.25) is 9.59 Å². The number of carbonyl (C=O) groups excluding carboxylic acids is 2. The van der Waals surface area contributed by atoms with E-state index in [1.54, 1.807) is 5.38 Å². The van der Waals surface area contributed by atoms with Crippen LogP contribution in [0.3, 0.4) is 0 Å². The van der Waals surface area contributed by atoms with E-state index in [2.05, 4.69) is 17.2 Å². The molecule has 0 saturated carbocycles. The second kappa shape index (κ2) is 9.47. The van der Waals surface area contributed by atoms with E-state index in [4.69, 9.17) is 4.42 Å². The van der Waals surface area contributed by atoms with E-state index in [0.29, 0.717) is 29.6 Å². The Hall–Kier alpha value is -2.93. The lowest BCUT2D eigenvalue weighted by Crippen LogP contribution is -2.47. The Kier molecular flexibility index (Phi) is 6.51. The lowest BCUT2D eigenvalue weighted by Gasteiger charge is -2.34. The van der Waals surface area contributed by atoms with Crippen LogP contribution in [0.2, 0.25) is 0 Å². The topological polar surface area (TPSA) is 75.4 Å². The average Bonchev–Trinajstić information content (AvgIpc) is 3.45. The highest BCUT2D eigenvalue weighted by Crippen LogP contribution is 2.26. The van der Waals surface area contributed by atoms with Crippen LogP contribution in [0, 0.1) is 6.92 Å². The molecule has 0 radical (unpaired) electrons. The summed E-state index contributed by atoms with van der Waals surface area (Å²) in [6.07, 6.45) is 2.27. The minimum atomic E-state index is -0.175. The van der Waals surface area contributed by atoms with Gasteiger partial charge in [-0.05, 0) is 43.9 Å². The van der Waals surface area contributed by atoms with Gasteiger partial charge in [0.1, 0.15) is 11.5 Å². The van der Waals surface area contributed by atoms with Gasteiger partial charge in [-0.2, -0.15) is 0 Å². The van der Waals surface area contributed by atoms with Crippen LogP contribution in [0.1, 0.15) is 53.9 Å². The molecule has 1 unspecified atom stereocenters. The first-order valence-corrected chi connectivity index (χ1v) is 11.6. The highest BCUT2D eigenvalue weighted by atomic mass is 32.1. The Morgan fingerprint density at radius 3 is 2.58 bits per heavy atom. The summed E-state index contributed by atoms with van der Waals surface area (Å²) in [7, 11) is 0. The van der Waals surface area contributed by atoms with E-state index in [9.17, 15) is 9.59 Å². The number of rotatable bonds is 6. The average molecular weight is 438 g/mol. The van der Waals surface area contributed by atoms with Gasteiger partial charge in [0, 0.05) is 24.5 Å². The first-order chi connectivity index (χ1) is 15.0. The molecule has 1 saturated heterocycles. The standard InChI is InChI=1S/C24H27N3O3S/c1-3-19(17-7-5-4-6-8-17)24(29)27-13-11-18(12-14-27)25-22(28)20-15-31-23(26-20)21-10-9-16(2)30-21/h4-10,15,18-19H,3,11-14H2,1-2H3,(H,25,28). The number of furan rings is 1. The quantitative estimate of drug-likeness (QED) is 0.610. The van der Waals surface area contributed by atoms with E-state index in [-0.39, 0.29) is 23.8 Å². The molecule has 0 bridgehead atoms. The van der Waals surface area contributed by atoms with Gasteiger partial charge in [0.15, 0.2) is 10.8 Å². The van der Waals surface area contributed by atoms with Crippen molar-refractivity contribution in [2.75, 3.05) is 13.1 Å². The maximum Gasteiger partial charge on any atom is 0.270 e. The summed E-state index contributed by atoms with van der Waals surface area (Å²) < 4.78 is 5.59. The number of likely N-dealkylation sites (tertiary alicyclic amines) is 1. The first-order valence-electron chi connectivity index (χ1n) is 10.7. The Balaban J connectivity index is 1.31. The third-order valence-electron chi connectivity index (χ3n) is 5.74. The zero-order valence-electron chi connectivity index (χ0n) is 17.8. The van der Waals surface area contributed by atoms with Gasteiger partial charge >= 0.3 is 0 Å². The Morgan fingerprint density at radius 1 is 1.19 bits per heavy atom. The fourth-order valence-electron chi connectivity index (χ4n) is 4.00. The summed E-state index contributed by atoms with van der Waals surface area (Å²) in [6, 6.07) is 13.7. The van der Waals surface area contributed by atoms with Crippen LogP contribution in [0.15, 0.2) is 52.3 Å². The zero-order valence-corrected chi connectivity index (χ0v) is 18.7. The van der Waals surface area contributed by atoms with Crippen LogP contribution in [0.25, 0.3) is 10.8 Å². The van der Waals surface area contributed by atoms with Crippen molar-refractivity contribution < 1.29 is 14.0 Å². The lowest BCUT2D eigenvalue weighted by molar-refractivity contribution is -0.134. The fourth-order valence-corrected chi connectivity index (χ4v) is 4.76. The number of amides is 2. The second-order valence-corrected chi connectivity index (χ2v) is 8.75. The number of thiazole rings is 1. The number of benzene rings is 1. The maximum absolute atomic E-state index is 13.0. The predicted octanol–water partition coefficient (Wildman–Crippen LogP) is 4.63. The molecule has 4 rings (SSSR count). The van der Waals surface area contributed by atoms with Crippen LogP contribution in [-0.2, 0) is 4.79 Å². The third kappa shape index (κ3) is 4.88. The molecule has 1 aliphatic heterocycles. The fraction of sp³-hybridized carbons (Fsp3) is 0.375. The number of hydrogen-bond donors (Lipinski definition) is 1. The van der Waals surface area contributed by atoms with Crippen LogP contribution >= 0.6 is 11.3 Å². The normalized spacial score (nSPS) is 15.6. The van der Waals surface area contributed by atoms with E-state index in [1.807, 2.05) is 54.3 Å². The Labute approximate surface area is 186 Å². The van der Waals surface area contributed by atoms with Crippen molar-refractivity contribution in [3.63, 3.8) is 0 Å². The highest BCUT2D eigenvalue weighted by molar-refractivity contribution is 7.13. The number of aryl methyl sites for hydroxylation is 1. The molecular weight excluding hydrogens is 410 g/mol. The van der Waals surface area contributed by atoms with Gasteiger partial charge in [-0.1, -0.05) is 37.3 Å². The first kappa shape index (κ1) is 21.3. The molecule has 2 amide bonds. The summed E-state index contributed by atoms with van der Waals surface area (Å²) in [5.41, 5.74) is 1.47. The van der Waals surface area contributed by atoms with E-state index >= 15 is 0 Å². The molecule has 1 fully saturated rings. The van der Waals surface area contributed by atoms with Crippen molar-refractivity contribution in [3.8, 4) is 10.8 Å². The number of piperidine rings is 1. The number of nitrogens with zero attached hydrogens (tertiary/aromatic N) is 2. The van der Waals surface area contributed by atoms with E-state index < -0.39 is 0 Å². The summed E-state index contributed by atoms with van der Waals surface area (Å²) in [5, 5.41) is 5.53. The van der Waals surface area contributed by atoms with Gasteiger partial charge in [-0.15, -0.1) is 11.3 Å². The van der Waals surface area contributed by atoms with E-state index in [1.165, 1.54) is 11.3 Å². The van der Waals surface area contributed by atoms with Crippen LogP contribution < -0.4 is 5.32 Å². The molecular formula is C24H27N3O3S. The molecule has 2 aromatic heterocycles. The van der Waals surface area contributed by atoms with Gasteiger partial charge < -0.3 is 14.6 Å². The Bertz CT molecular complexity index is 1040. The smallest absolute Gasteiger partial charge is 0.270 e. The lowest BCUT2D eigenvalue weighted by atomic mass is 9.93. The molecule has 1 aliphatic rings. The van der Waals surface area contributed by atoms with Crippen molar-refractivity contribution in [1.29, 1.82) is 0 Å². The summed E-state index contributed by atoms with van der Waals surface area (Å²) >= 11 is 1.40. The second-order valence-electron chi connectivity index (χ2n) is 7.89. The predicted molar refractivity (Wildman–Crippen MR) is 121 cm³/mol. The van der Waals surface area contributed by atoms with Crippen molar-refractivity contribution in [3.05, 3.63) is 64.9 Å². The Morgan fingerprint density at radius 2 is 1.94 bits per heavy atom. The molecule has 7 heteroatoms.